The minimum Gasteiger partial charge on any atom is -0.357 e. The Kier molecular flexibility index (Phi) is 6.09. The van der Waals surface area contributed by atoms with Crippen LogP contribution < -0.4 is 16.0 Å². The molecule has 140 valence electrons. The Labute approximate surface area is 154 Å². The van der Waals surface area contributed by atoms with Crippen molar-refractivity contribution in [2.24, 2.45) is 4.99 Å². The Hall–Kier alpha value is -2.57. The highest BCUT2D eigenvalue weighted by Crippen LogP contribution is 2.31. The van der Waals surface area contributed by atoms with Crippen LogP contribution in [0.25, 0.3) is 0 Å². The van der Waals surface area contributed by atoms with Gasteiger partial charge in [0.25, 0.3) is 0 Å². The first-order valence-electron chi connectivity index (χ1n) is 9.36. The number of hydrogen-bond acceptors (Lipinski definition) is 3. The molecule has 2 amide bonds. The van der Waals surface area contributed by atoms with Crippen LogP contribution in [0.1, 0.15) is 37.7 Å². The van der Waals surface area contributed by atoms with Gasteiger partial charge >= 0.3 is 0 Å². The van der Waals surface area contributed by atoms with Crippen LogP contribution in [-0.4, -0.2) is 55.4 Å². The Morgan fingerprint density at radius 3 is 2.81 bits per heavy atom. The van der Waals surface area contributed by atoms with Gasteiger partial charge in [0.05, 0.1) is 0 Å². The molecule has 2 aliphatic rings. The summed E-state index contributed by atoms with van der Waals surface area (Å²) in [4.78, 5) is 30.4. The summed E-state index contributed by atoms with van der Waals surface area (Å²) in [5.74, 6) is 0.797. The van der Waals surface area contributed by atoms with Crippen molar-refractivity contribution in [1.82, 2.24) is 15.5 Å². The van der Waals surface area contributed by atoms with E-state index in [9.17, 15) is 9.59 Å². The zero-order chi connectivity index (χ0) is 18.4. The largest absolute Gasteiger partial charge is 0.357 e. The molecule has 0 aliphatic carbocycles. The van der Waals surface area contributed by atoms with Crippen molar-refractivity contribution in [3.8, 4) is 0 Å². The molecule has 1 unspecified atom stereocenters. The van der Waals surface area contributed by atoms with Crippen LogP contribution in [0.15, 0.2) is 29.3 Å². The molecular formula is C19H27N5O2. The van der Waals surface area contributed by atoms with Crippen molar-refractivity contribution in [3.63, 3.8) is 0 Å². The molecule has 1 fully saturated rings. The number of nitrogens with zero attached hydrogens (tertiary/aromatic N) is 2. The van der Waals surface area contributed by atoms with Crippen molar-refractivity contribution in [3.05, 3.63) is 29.8 Å². The Morgan fingerprint density at radius 2 is 2.04 bits per heavy atom. The van der Waals surface area contributed by atoms with Gasteiger partial charge in [0.15, 0.2) is 5.96 Å². The van der Waals surface area contributed by atoms with E-state index in [1.165, 1.54) is 0 Å². The predicted molar refractivity (Wildman–Crippen MR) is 102 cm³/mol. The topological polar surface area (TPSA) is 85.8 Å². The van der Waals surface area contributed by atoms with Crippen molar-refractivity contribution in [2.75, 3.05) is 38.0 Å². The molecular weight excluding hydrogens is 330 g/mol. The van der Waals surface area contributed by atoms with Gasteiger partial charge in [-0.2, -0.15) is 0 Å². The summed E-state index contributed by atoms with van der Waals surface area (Å²) in [5.41, 5.74) is 2.00. The number of likely N-dealkylation sites (tertiary alicyclic amines) is 1. The SMILES string of the molecule is CCNC(=NCC(=O)N1CCCC1)NCC1CC(=O)Nc2ccccc21. The van der Waals surface area contributed by atoms with E-state index in [1.54, 1.807) is 0 Å². The number of anilines is 1. The lowest BCUT2D eigenvalue weighted by Gasteiger charge is -2.26. The predicted octanol–water partition coefficient (Wildman–Crippen LogP) is 1.29. The van der Waals surface area contributed by atoms with Gasteiger partial charge < -0.3 is 20.9 Å². The van der Waals surface area contributed by atoms with E-state index >= 15 is 0 Å². The fourth-order valence-electron chi connectivity index (χ4n) is 3.46. The molecule has 0 spiro atoms. The first-order chi connectivity index (χ1) is 12.7. The van der Waals surface area contributed by atoms with Gasteiger partial charge in [0.2, 0.25) is 11.8 Å². The molecule has 7 nitrogen and oxygen atoms in total. The van der Waals surface area contributed by atoms with E-state index < -0.39 is 0 Å². The third-order valence-corrected chi connectivity index (χ3v) is 4.80. The van der Waals surface area contributed by atoms with E-state index in [2.05, 4.69) is 20.9 Å². The van der Waals surface area contributed by atoms with Gasteiger partial charge in [-0.15, -0.1) is 0 Å². The van der Waals surface area contributed by atoms with Crippen molar-refractivity contribution >= 4 is 23.5 Å². The zero-order valence-corrected chi connectivity index (χ0v) is 15.3. The van der Waals surface area contributed by atoms with Gasteiger partial charge in [0, 0.05) is 44.2 Å². The summed E-state index contributed by atoms with van der Waals surface area (Å²) < 4.78 is 0. The van der Waals surface area contributed by atoms with E-state index in [0.29, 0.717) is 25.5 Å². The number of carbonyl (C=O) groups excluding carboxylic acids is 2. The molecule has 3 N–H and O–H groups in total. The molecule has 7 heteroatoms. The average Bonchev–Trinajstić information content (AvgIpc) is 3.18. The van der Waals surface area contributed by atoms with Crippen LogP contribution in [-0.2, 0) is 9.59 Å². The molecule has 1 aromatic carbocycles. The van der Waals surface area contributed by atoms with Gasteiger partial charge in [-0.1, -0.05) is 18.2 Å². The van der Waals surface area contributed by atoms with Gasteiger partial charge in [0.1, 0.15) is 6.54 Å². The zero-order valence-electron chi connectivity index (χ0n) is 15.3. The summed E-state index contributed by atoms with van der Waals surface area (Å²) in [6, 6.07) is 7.87. The van der Waals surface area contributed by atoms with Crippen molar-refractivity contribution < 1.29 is 9.59 Å². The number of carbonyl (C=O) groups is 2. The first-order valence-corrected chi connectivity index (χ1v) is 9.36. The van der Waals surface area contributed by atoms with Crippen LogP contribution in [0.5, 0.6) is 0 Å². The third kappa shape index (κ3) is 4.53. The maximum absolute atomic E-state index is 12.2. The normalized spacial score (nSPS) is 19.7. The fourth-order valence-corrected chi connectivity index (χ4v) is 3.46. The molecule has 1 aromatic rings. The number of guanidine groups is 1. The van der Waals surface area contributed by atoms with E-state index in [1.807, 2.05) is 36.1 Å². The monoisotopic (exact) mass is 357 g/mol. The van der Waals surface area contributed by atoms with E-state index in [-0.39, 0.29) is 24.3 Å². The number of rotatable bonds is 5. The molecule has 0 radical (unpaired) electrons. The second kappa shape index (κ2) is 8.69. The van der Waals surface area contributed by atoms with Crippen LogP contribution in [0.4, 0.5) is 5.69 Å². The first kappa shape index (κ1) is 18.2. The highest BCUT2D eigenvalue weighted by molar-refractivity contribution is 5.95. The maximum Gasteiger partial charge on any atom is 0.244 e. The minimum absolute atomic E-state index is 0.0293. The number of fused-ring (bicyclic) bond motifs is 1. The number of para-hydroxylation sites is 1. The summed E-state index contributed by atoms with van der Waals surface area (Å²) in [6.45, 7) is 5.12. The van der Waals surface area contributed by atoms with Gasteiger partial charge in [-0.25, -0.2) is 4.99 Å². The Balaban J connectivity index is 1.60. The van der Waals surface area contributed by atoms with E-state index in [4.69, 9.17) is 0 Å². The second-order valence-corrected chi connectivity index (χ2v) is 6.70. The lowest BCUT2D eigenvalue weighted by Crippen LogP contribution is -2.41. The molecule has 0 bridgehead atoms. The fraction of sp³-hybridized carbons (Fsp3) is 0.526. The molecule has 2 aliphatic heterocycles. The Bertz CT molecular complexity index is 682. The number of benzene rings is 1. The summed E-state index contributed by atoms with van der Waals surface area (Å²) in [7, 11) is 0. The third-order valence-electron chi connectivity index (χ3n) is 4.80. The van der Waals surface area contributed by atoms with Crippen molar-refractivity contribution in [2.45, 2.75) is 32.1 Å². The highest BCUT2D eigenvalue weighted by atomic mass is 16.2. The quantitative estimate of drug-likeness (QED) is 0.548. The number of amides is 2. The van der Waals surface area contributed by atoms with Gasteiger partial charge in [-0.05, 0) is 31.4 Å². The second-order valence-electron chi connectivity index (χ2n) is 6.70. The van der Waals surface area contributed by atoms with Crippen molar-refractivity contribution in [1.29, 1.82) is 0 Å². The summed E-state index contributed by atoms with van der Waals surface area (Å²) >= 11 is 0. The number of hydrogen-bond donors (Lipinski definition) is 3. The molecule has 1 atom stereocenters. The lowest BCUT2D eigenvalue weighted by molar-refractivity contribution is -0.128. The minimum atomic E-state index is 0.0293. The Morgan fingerprint density at radius 1 is 1.27 bits per heavy atom. The lowest BCUT2D eigenvalue weighted by atomic mass is 9.90. The van der Waals surface area contributed by atoms with Gasteiger partial charge in [-0.3, -0.25) is 9.59 Å². The van der Waals surface area contributed by atoms with Crippen LogP contribution >= 0.6 is 0 Å². The molecule has 0 aromatic heterocycles. The molecule has 0 saturated carbocycles. The molecule has 2 heterocycles. The van der Waals surface area contributed by atoms with Crippen LogP contribution in [0.2, 0.25) is 0 Å². The number of aliphatic imine (C=N–C) groups is 1. The smallest absolute Gasteiger partial charge is 0.244 e. The highest BCUT2D eigenvalue weighted by Gasteiger charge is 2.25. The number of nitrogens with one attached hydrogen (secondary N) is 3. The molecule has 3 rings (SSSR count). The summed E-state index contributed by atoms with van der Waals surface area (Å²) in [6.07, 6.45) is 2.60. The van der Waals surface area contributed by atoms with Crippen LogP contribution in [0, 0.1) is 0 Å². The van der Waals surface area contributed by atoms with Crippen LogP contribution in [0.3, 0.4) is 0 Å². The molecule has 1 saturated heterocycles. The standard InChI is InChI=1S/C19H27N5O2/c1-2-20-19(22-13-18(26)24-9-5-6-10-24)21-12-14-11-17(25)23-16-8-4-3-7-15(14)16/h3-4,7-8,14H,2,5-6,9-13H2,1H3,(H,23,25)(H2,20,21,22). The summed E-state index contributed by atoms with van der Waals surface area (Å²) in [5, 5.41) is 9.37. The molecule has 26 heavy (non-hydrogen) atoms. The average molecular weight is 357 g/mol. The van der Waals surface area contributed by atoms with E-state index in [0.717, 1.165) is 37.2 Å². The maximum atomic E-state index is 12.2.